The van der Waals surface area contributed by atoms with Crippen molar-refractivity contribution in [3.8, 4) is 0 Å². The van der Waals surface area contributed by atoms with Crippen LogP contribution in [0.5, 0.6) is 0 Å². The van der Waals surface area contributed by atoms with Crippen LogP contribution in [0.3, 0.4) is 0 Å². The maximum Gasteiger partial charge on any atom is 0.272 e. The Kier molecular flexibility index (Phi) is 5.06. The number of carbonyl (C=O) groups excluding carboxylic acids is 1. The first-order valence-corrected chi connectivity index (χ1v) is 9.56. The average molecular weight is 361 g/mol. The first-order valence-electron chi connectivity index (χ1n) is 9.56. The summed E-state index contributed by atoms with van der Waals surface area (Å²) in [6.45, 7) is 9.73. The standard InChI is InChI=1S/C18H27N5O3/c1-2-21-7-9-22(10-8-21)16-13-15(19-14-20-16)17(24)23-5-3-18(4-6-23)25-11-12-26-18/h13-14H,2-12H2,1H3. The van der Waals surface area contributed by atoms with Crippen LogP contribution in [0, 0.1) is 0 Å². The molecular formula is C18H27N5O3. The molecule has 3 aliphatic rings. The number of nitrogens with zero attached hydrogens (tertiary/aromatic N) is 5. The van der Waals surface area contributed by atoms with Gasteiger partial charge in [0, 0.05) is 58.2 Å². The number of hydrogen-bond acceptors (Lipinski definition) is 7. The molecule has 8 heteroatoms. The van der Waals surface area contributed by atoms with Crippen molar-refractivity contribution in [3.63, 3.8) is 0 Å². The van der Waals surface area contributed by atoms with Gasteiger partial charge in [0.2, 0.25) is 0 Å². The Morgan fingerprint density at radius 1 is 1.08 bits per heavy atom. The molecule has 0 radical (unpaired) electrons. The molecule has 0 aromatic carbocycles. The van der Waals surface area contributed by atoms with Gasteiger partial charge in [-0.3, -0.25) is 4.79 Å². The highest BCUT2D eigenvalue weighted by molar-refractivity contribution is 5.93. The number of piperidine rings is 1. The largest absolute Gasteiger partial charge is 0.354 e. The normalized spacial score (nSPS) is 23.6. The second kappa shape index (κ2) is 7.46. The number of likely N-dealkylation sites (N-methyl/N-ethyl adjacent to an activating group) is 1. The van der Waals surface area contributed by atoms with E-state index in [-0.39, 0.29) is 5.91 Å². The summed E-state index contributed by atoms with van der Waals surface area (Å²) in [5.74, 6) is 0.343. The molecule has 1 spiro atoms. The minimum Gasteiger partial charge on any atom is -0.354 e. The van der Waals surface area contributed by atoms with Crippen LogP contribution in [0.25, 0.3) is 0 Å². The van der Waals surface area contributed by atoms with Crippen molar-refractivity contribution in [3.05, 3.63) is 18.1 Å². The van der Waals surface area contributed by atoms with Crippen molar-refractivity contribution in [1.82, 2.24) is 19.8 Å². The summed E-state index contributed by atoms with van der Waals surface area (Å²) in [5.41, 5.74) is 0.470. The third-order valence-electron chi connectivity index (χ3n) is 5.64. The van der Waals surface area contributed by atoms with Crippen molar-refractivity contribution >= 4 is 11.7 Å². The van der Waals surface area contributed by atoms with Crippen LogP contribution in [0.2, 0.25) is 0 Å². The molecule has 4 heterocycles. The Labute approximate surface area is 154 Å². The van der Waals surface area contributed by atoms with Gasteiger partial charge in [-0.05, 0) is 6.54 Å². The molecule has 3 fully saturated rings. The highest BCUT2D eigenvalue weighted by Crippen LogP contribution is 2.31. The summed E-state index contributed by atoms with van der Waals surface area (Å²) < 4.78 is 11.5. The lowest BCUT2D eigenvalue weighted by Gasteiger charge is -2.37. The van der Waals surface area contributed by atoms with E-state index in [0.29, 0.717) is 32.0 Å². The van der Waals surface area contributed by atoms with E-state index < -0.39 is 5.79 Å². The van der Waals surface area contributed by atoms with Crippen molar-refractivity contribution in [2.24, 2.45) is 0 Å². The van der Waals surface area contributed by atoms with E-state index in [1.165, 1.54) is 6.33 Å². The lowest BCUT2D eigenvalue weighted by molar-refractivity contribution is -0.181. The number of anilines is 1. The summed E-state index contributed by atoms with van der Waals surface area (Å²) in [5, 5.41) is 0. The predicted molar refractivity (Wildman–Crippen MR) is 96.1 cm³/mol. The van der Waals surface area contributed by atoms with Crippen molar-refractivity contribution in [2.75, 3.05) is 63.9 Å². The first kappa shape index (κ1) is 17.6. The third-order valence-corrected chi connectivity index (χ3v) is 5.64. The minimum atomic E-state index is -0.466. The van der Waals surface area contributed by atoms with Crippen LogP contribution >= 0.6 is 0 Å². The van der Waals surface area contributed by atoms with E-state index in [1.807, 2.05) is 11.0 Å². The van der Waals surface area contributed by atoms with Gasteiger partial charge in [0.15, 0.2) is 5.79 Å². The molecule has 4 rings (SSSR count). The van der Waals surface area contributed by atoms with E-state index in [2.05, 4.69) is 26.7 Å². The number of likely N-dealkylation sites (tertiary alicyclic amines) is 1. The molecule has 8 nitrogen and oxygen atoms in total. The van der Waals surface area contributed by atoms with Gasteiger partial charge >= 0.3 is 0 Å². The van der Waals surface area contributed by atoms with Gasteiger partial charge in [-0.1, -0.05) is 6.92 Å². The summed E-state index contributed by atoms with van der Waals surface area (Å²) in [6, 6.07) is 1.83. The summed E-state index contributed by atoms with van der Waals surface area (Å²) in [7, 11) is 0. The van der Waals surface area contributed by atoms with Gasteiger partial charge in [0.05, 0.1) is 13.2 Å². The van der Waals surface area contributed by atoms with Crippen LogP contribution < -0.4 is 4.90 Å². The fourth-order valence-corrected chi connectivity index (χ4v) is 3.93. The first-order chi connectivity index (χ1) is 12.7. The van der Waals surface area contributed by atoms with Gasteiger partial charge in [-0.2, -0.15) is 0 Å². The van der Waals surface area contributed by atoms with Gasteiger partial charge in [0.1, 0.15) is 17.8 Å². The molecule has 0 aliphatic carbocycles. The zero-order chi connectivity index (χ0) is 18.0. The van der Waals surface area contributed by atoms with Gasteiger partial charge in [0.25, 0.3) is 5.91 Å². The van der Waals surface area contributed by atoms with Crippen molar-refractivity contribution in [2.45, 2.75) is 25.6 Å². The molecule has 1 aromatic rings. The smallest absolute Gasteiger partial charge is 0.272 e. The average Bonchev–Trinajstić information content (AvgIpc) is 3.16. The van der Waals surface area contributed by atoms with Crippen LogP contribution in [-0.4, -0.2) is 90.5 Å². The highest BCUT2D eigenvalue weighted by Gasteiger charge is 2.41. The molecular weight excluding hydrogens is 334 g/mol. The SMILES string of the molecule is CCN1CCN(c2cc(C(=O)N3CCC4(CC3)OCCO4)ncn2)CC1. The Bertz CT molecular complexity index is 631. The number of hydrogen-bond donors (Lipinski definition) is 0. The Hall–Kier alpha value is -1.77. The lowest BCUT2D eigenvalue weighted by atomic mass is 10.0. The zero-order valence-electron chi connectivity index (χ0n) is 15.4. The maximum absolute atomic E-state index is 12.9. The van der Waals surface area contributed by atoms with E-state index in [0.717, 1.165) is 51.4 Å². The summed E-state index contributed by atoms with van der Waals surface area (Å²) in [4.78, 5) is 28.0. The van der Waals surface area contributed by atoms with E-state index in [9.17, 15) is 4.79 Å². The molecule has 0 N–H and O–H groups in total. The van der Waals surface area contributed by atoms with Crippen molar-refractivity contribution in [1.29, 1.82) is 0 Å². The number of ether oxygens (including phenoxy) is 2. The van der Waals surface area contributed by atoms with Crippen molar-refractivity contribution < 1.29 is 14.3 Å². The molecule has 0 saturated carbocycles. The Morgan fingerprint density at radius 3 is 2.42 bits per heavy atom. The molecule has 0 bridgehead atoms. The minimum absolute atomic E-state index is 0.0336. The van der Waals surface area contributed by atoms with Crippen LogP contribution in [0.1, 0.15) is 30.3 Å². The molecule has 0 unspecified atom stereocenters. The predicted octanol–water partition coefficient (Wildman–Crippen LogP) is 0.598. The number of rotatable bonds is 3. The molecule has 142 valence electrons. The number of amides is 1. The summed E-state index contributed by atoms with van der Waals surface area (Å²) >= 11 is 0. The second-order valence-electron chi connectivity index (χ2n) is 7.08. The van der Waals surface area contributed by atoms with Gasteiger partial charge < -0.3 is 24.2 Å². The number of piperazine rings is 1. The molecule has 3 saturated heterocycles. The maximum atomic E-state index is 12.9. The van der Waals surface area contributed by atoms with E-state index >= 15 is 0 Å². The van der Waals surface area contributed by atoms with Gasteiger partial charge in [-0.15, -0.1) is 0 Å². The molecule has 1 aromatic heterocycles. The monoisotopic (exact) mass is 361 g/mol. The van der Waals surface area contributed by atoms with Crippen LogP contribution in [0.4, 0.5) is 5.82 Å². The topological polar surface area (TPSA) is 71.0 Å². The number of aromatic nitrogens is 2. The fraction of sp³-hybridized carbons (Fsp3) is 0.722. The molecule has 0 atom stereocenters. The summed E-state index contributed by atoms with van der Waals surface area (Å²) in [6.07, 6.45) is 2.94. The quantitative estimate of drug-likeness (QED) is 0.781. The lowest BCUT2D eigenvalue weighted by Crippen LogP contribution is -2.48. The molecule has 26 heavy (non-hydrogen) atoms. The Balaban J connectivity index is 1.39. The van der Waals surface area contributed by atoms with E-state index in [4.69, 9.17) is 9.47 Å². The van der Waals surface area contributed by atoms with E-state index in [1.54, 1.807) is 0 Å². The van der Waals surface area contributed by atoms with Gasteiger partial charge in [-0.25, -0.2) is 9.97 Å². The molecule has 3 aliphatic heterocycles. The fourth-order valence-electron chi connectivity index (χ4n) is 3.93. The number of carbonyl (C=O) groups is 1. The van der Waals surface area contributed by atoms with Crippen LogP contribution in [-0.2, 0) is 9.47 Å². The second-order valence-corrected chi connectivity index (χ2v) is 7.08. The highest BCUT2D eigenvalue weighted by atomic mass is 16.7. The van der Waals surface area contributed by atoms with Crippen LogP contribution in [0.15, 0.2) is 12.4 Å². The zero-order valence-corrected chi connectivity index (χ0v) is 15.4. The molecule has 1 amide bonds. The third kappa shape index (κ3) is 3.54. The Morgan fingerprint density at radius 2 is 1.77 bits per heavy atom.